The highest BCUT2D eigenvalue weighted by Gasteiger charge is 2.19. The Labute approximate surface area is 134 Å². The molecule has 0 unspecified atom stereocenters. The molecule has 1 fully saturated rings. The molecule has 3 heterocycles. The van der Waals surface area contributed by atoms with E-state index in [1.165, 1.54) is 12.8 Å². The van der Waals surface area contributed by atoms with Crippen LogP contribution < -0.4 is 5.32 Å². The molecule has 6 heteroatoms. The first-order valence-electron chi connectivity index (χ1n) is 7.84. The lowest BCUT2D eigenvalue weighted by Gasteiger charge is -2.22. The maximum absolute atomic E-state index is 9.13. The number of nitrogens with one attached hydrogen (secondary N) is 1. The van der Waals surface area contributed by atoms with Crippen LogP contribution in [0.25, 0.3) is 10.7 Å². The summed E-state index contributed by atoms with van der Waals surface area (Å²) in [5.41, 5.74) is 2.86. The summed E-state index contributed by atoms with van der Waals surface area (Å²) in [7, 11) is 0. The molecule has 2 aromatic heterocycles. The Balaban J connectivity index is 1.93. The first-order chi connectivity index (χ1) is 10.7. The lowest BCUT2D eigenvalue weighted by atomic mass is 10.0. The normalized spacial score (nSPS) is 18.6. The first-order valence-corrected chi connectivity index (χ1v) is 8.65. The minimum Gasteiger partial charge on any atom is -0.396 e. The van der Waals surface area contributed by atoms with Crippen molar-refractivity contribution in [3.63, 3.8) is 0 Å². The van der Waals surface area contributed by atoms with Gasteiger partial charge in [0.15, 0.2) is 0 Å². The first kappa shape index (κ1) is 15.5. The van der Waals surface area contributed by atoms with Crippen LogP contribution in [0, 0.1) is 13.8 Å². The highest BCUT2D eigenvalue weighted by molar-refractivity contribution is 7.15. The predicted octanol–water partition coefficient (Wildman–Crippen LogP) is 2.57. The number of thiazole rings is 1. The second-order valence-corrected chi connectivity index (χ2v) is 6.84. The molecule has 0 aromatic carbocycles. The summed E-state index contributed by atoms with van der Waals surface area (Å²) in [5, 5.41) is 13.6. The summed E-state index contributed by atoms with van der Waals surface area (Å²) in [5.74, 6) is 0.881. The van der Waals surface area contributed by atoms with Crippen molar-refractivity contribution in [1.29, 1.82) is 0 Å². The molecular weight excluding hydrogens is 296 g/mol. The average molecular weight is 318 g/mol. The molecule has 0 spiro atoms. The number of aryl methyl sites for hydroxylation is 2. The summed E-state index contributed by atoms with van der Waals surface area (Å²) in [4.78, 5) is 15.1. The van der Waals surface area contributed by atoms with Crippen LogP contribution in [0.15, 0.2) is 6.07 Å². The van der Waals surface area contributed by atoms with Crippen LogP contribution in [0.1, 0.15) is 47.4 Å². The number of hydrogen-bond donors (Lipinski definition) is 2. The third-order valence-electron chi connectivity index (χ3n) is 3.94. The van der Waals surface area contributed by atoms with Crippen LogP contribution >= 0.6 is 11.3 Å². The molecule has 0 radical (unpaired) electrons. The van der Waals surface area contributed by atoms with Crippen molar-refractivity contribution in [3.05, 3.63) is 28.2 Å². The van der Waals surface area contributed by atoms with E-state index >= 15 is 0 Å². The summed E-state index contributed by atoms with van der Waals surface area (Å²) in [6.45, 7) is 5.19. The van der Waals surface area contributed by atoms with Crippen molar-refractivity contribution in [2.45, 2.75) is 45.6 Å². The van der Waals surface area contributed by atoms with Crippen molar-refractivity contribution in [2.24, 2.45) is 0 Å². The van der Waals surface area contributed by atoms with Crippen LogP contribution in [0.2, 0.25) is 0 Å². The van der Waals surface area contributed by atoms with Gasteiger partial charge in [0.2, 0.25) is 0 Å². The molecule has 1 atom stereocenters. The molecule has 0 aliphatic carbocycles. The Morgan fingerprint density at radius 3 is 2.86 bits per heavy atom. The van der Waals surface area contributed by atoms with E-state index in [2.05, 4.69) is 15.3 Å². The number of aromatic nitrogens is 3. The van der Waals surface area contributed by atoms with Gasteiger partial charge in [-0.2, -0.15) is 0 Å². The standard InChI is InChI=1S/C16H22N4OS/c1-10-9-13(16-19-11(2)14(22-16)6-8-21)20-15(18-10)12-5-3-4-7-17-12/h9,12,17,21H,3-8H2,1-2H3/t12-/m0/s1. The van der Waals surface area contributed by atoms with Gasteiger partial charge >= 0.3 is 0 Å². The highest BCUT2D eigenvalue weighted by atomic mass is 32.1. The lowest BCUT2D eigenvalue weighted by Crippen LogP contribution is -2.28. The SMILES string of the molecule is Cc1cc(-c2nc(C)c(CCO)s2)nc([C@@H]2CCCCN2)n1. The quantitative estimate of drug-likeness (QED) is 0.906. The van der Waals surface area contributed by atoms with Crippen molar-refractivity contribution < 1.29 is 5.11 Å². The van der Waals surface area contributed by atoms with E-state index in [1.807, 2.05) is 19.9 Å². The molecule has 2 aromatic rings. The zero-order chi connectivity index (χ0) is 15.5. The number of aliphatic hydroxyl groups is 1. The lowest BCUT2D eigenvalue weighted by molar-refractivity contribution is 0.300. The number of piperidine rings is 1. The smallest absolute Gasteiger partial charge is 0.146 e. The highest BCUT2D eigenvalue weighted by Crippen LogP contribution is 2.29. The van der Waals surface area contributed by atoms with Crippen molar-refractivity contribution in [2.75, 3.05) is 13.2 Å². The Bertz CT molecular complexity index is 650. The van der Waals surface area contributed by atoms with Crippen molar-refractivity contribution >= 4 is 11.3 Å². The van der Waals surface area contributed by atoms with E-state index in [1.54, 1.807) is 11.3 Å². The Morgan fingerprint density at radius 2 is 2.14 bits per heavy atom. The fourth-order valence-corrected chi connectivity index (χ4v) is 3.81. The van der Waals surface area contributed by atoms with Crippen LogP contribution in [-0.4, -0.2) is 33.2 Å². The topological polar surface area (TPSA) is 70.9 Å². The second-order valence-electron chi connectivity index (χ2n) is 5.76. The van der Waals surface area contributed by atoms with E-state index in [-0.39, 0.29) is 12.6 Å². The van der Waals surface area contributed by atoms with Gasteiger partial charge in [0.05, 0.1) is 11.7 Å². The Kier molecular flexibility index (Phi) is 4.81. The van der Waals surface area contributed by atoms with Gasteiger partial charge in [-0.25, -0.2) is 15.0 Å². The molecule has 118 valence electrons. The van der Waals surface area contributed by atoms with Gasteiger partial charge in [-0.05, 0) is 39.3 Å². The van der Waals surface area contributed by atoms with E-state index in [0.717, 1.165) is 45.8 Å². The molecule has 0 saturated carbocycles. The molecule has 5 nitrogen and oxygen atoms in total. The van der Waals surface area contributed by atoms with Gasteiger partial charge in [0.1, 0.15) is 16.5 Å². The summed E-state index contributed by atoms with van der Waals surface area (Å²) >= 11 is 1.62. The third kappa shape index (κ3) is 3.34. The molecule has 22 heavy (non-hydrogen) atoms. The van der Waals surface area contributed by atoms with Crippen molar-refractivity contribution in [1.82, 2.24) is 20.3 Å². The van der Waals surface area contributed by atoms with E-state index in [9.17, 15) is 0 Å². The molecule has 1 aliphatic heterocycles. The molecule has 3 rings (SSSR count). The number of rotatable bonds is 4. The number of aliphatic hydroxyl groups excluding tert-OH is 1. The van der Waals surface area contributed by atoms with Gasteiger partial charge in [0, 0.05) is 23.6 Å². The minimum absolute atomic E-state index is 0.155. The number of hydrogen-bond acceptors (Lipinski definition) is 6. The molecule has 0 bridgehead atoms. The average Bonchev–Trinajstić information content (AvgIpc) is 2.89. The maximum Gasteiger partial charge on any atom is 0.146 e. The van der Waals surface area contributed by atoms with E-state index in [4.69, 9.17) is 10.1 Å². The van der Waals surface area contributed by atoms with Gasteiger partial charge in [-0.1, -0.05) is 6.42 Å². The minimum atomic E-state index is 0.155. The van der Waals surface area contributed by atoms with Crippen molar-refractivity contribution in [3.8, 4) is 10.7 Å². The maximum atomic E-state index is 9.13. The van der Waals surface area contributed by atoms with Gasteiger partial charge in [-0.15, -0.1) is 11.3 Å². The summed E-state index contributed by atoms with van der Waals surface area (Å²) < 4.78 is 0. The van der Waals surface area contributed by atoms with Crippen LogP contribution in [0.5, 0.6) is 0 Å². The van der Waals surface area contributed by atoms with Crippen LogP contribution in [0.4, 0.5) is 0 Å². The molecule has 2 N–H and O–H groups in total. The second kappa shape index (κ2) is 6.81. The predicted molar refractivity (Wildman–Crippen MR) is 88.0 cm³/mol. The molecule has 1 saturated heterocycles. The van der Waals surface area contributed by atoms with Crippen LogP contribution in [0.3, 0.4) is 0 Å². The third-order valence-corrected chi connectivity index (χ3v) is 5.18. The van der Waals surface area contributed by atoms with Crippen LogP contribution in [-0.2, 0) is 6.42 Å². The fraction of sp³-hybridized carbons (Fsp3) is 0.562. The van der Waals surface area contributed by atoms with Gasteiger partial charge in [-0.3, -0.25) is 0 Å². The van der Waals surface area contributed by atoms with E-state index in [0.29, 0.717) is 6.42 Å². The van der Waals surface area contributed by atoms with Gasteiger partial charge in [0.25, 0.3) is 0 Å². The largest absolute Gasteiger partial charge is 0.396 e. The fourth-order valence-electron chi connectivity index (χ4n) is 2.80. The Hall–Kier alpha value is -1.37. The molecule has 1 aliphatic rings. The monoisotopic (exact) mass is 318 g/mol. The summed E-state index contributed by atoms with van der Waals surface area (Å²) in [6.07, 6.45) is 4.20. The van der Waals surface area contributed by atoms with Gasteiger partial charge < -0.3 is 10.4 Å². The Morgan fingerprint density at radius 1 is 1.27 bits per heavy atom. The summed E-state index contributed by atoms with van der Waals surface area (Å²) in [6, 6.07) is 2.25. The van der Waals surface area contributed by atoms with E-state index < -0.39 is 0 Å². The zero-order valence-corrected chi connectivity index (χ0v) is 13.9. The molecule has 0 amide bonds. The molecular formula is C16H22N4OS. The number of nitrogens with zero attached hydrogens (tertiary/aromatic N) is 3. The zero-order valence-electron chi connectivity index (χ0n) is 13.1.